The smallest absolute Gasteiger partial charge is 0.284 e. The van der Waals surface area contributed by atoms with Gasteiger partial charge in [-0.25, -0.2) is 4.68 Å². The third-order valence-electron chi connectivity index (χ3n) is 2.80. The fourth-order valence-corrected chi connectivity index (χ4v) is 1.85. The van der Waals surface area contributed by atoms with Crippen LogP contribution in [0.1, 0.15) is 16.1 Å². The minimum atomic E-state index is -0.696. The molecule has 1 aromatic carbocycles. The minimum absolute atomic E-state index is 0.0383. The lowest BCUT2D eigenvalue weighted by atomic mass is 10.2. The van der Waals surface area contributed by atoms with Crippen molar-refractivity contribution in [2.45, 2.75) is 6.92 Å². The van der Waals surface area contributed by atoms with Gasteiger partial charge in [0.25, 0.3) is 11.5 Å². The molecule has 0 bridgehead atoms. The van der Waals surface area contributed by atoms with Crippen molar-refractivity contribution in [3.8, 4) is 5.69 Å². The molecule has 0 aliphatic rings. The molecule has 0 saturated carbocycles. The summed E-state index contributed by atoms with van der Waals surface area (Å²) in [5, 5.41) is 0. The van der Waals surface area contributed by atoms with Crippen LogP contribution >= 0.6 is 0 Å². The molecular formula is C12H13N3O2. The Hall–Kier alpha value is -2.30. The zero-order valence-corrected chi connectivity index (χ0v) is 9.68. The van der Waals surface area contributed by atoms with E-state index in [0.29, 0.717) is 11.4 Å². The van der Waals surface area contributed by atoms with Crippen LogP contribution < -0.4 is 11.3 Å². The van der Waals surface area contributed by atoms with Gasteiger partial charge in [0, 0.05) is 7.05 Å². The number of nitrogens with two attached hydrogens (primary N) is 1. The molecule has 1 aromatic heterocycles. The summed E-state index contributed by atoms with van der Waals surface area (Å²) in [6.07, 6.45) is 0. The van der Waals surface area contributed by atoms with E-state index in [1.165, 1.54) is 4.68 Å². The Morgan fingerprint density at radius 1 is 1.24 bits per heavy atom. The topological polar surface area (TPSA) is 70.0 Å². The molecule has 5 heteroatoms. The predicted octanol–water partition coefficient (Wildman–Crippen LogP) is 0.583. The summed E-state index contributed by atoms with van der Waals surface area (Å²) in [6.45, 7) is 1.70. The van der Waals surface area contributed by atoms with E-state index in [1.807, 2.05) is 18.2 Å². The van der Waals surface area contributed by atoms with Crippen LogP contribution in [-0.2, 0) is 7.05 Å². The number of nitrogens with zero attached hydrogens (tertiary/aromatic N) is 2. The molecule has 88 valence electrons. The average Bonchev–Trinajstić information content (AvgIpc) is 2.51. The number of hydrogen-bond acceptors (Lipinski definition) is 2. The Bertz CT molecular complexity index is 623. The molecular weight excluding hydrogens is 218 g/mol. The lowest BCUT2D eigenvalue weighted by molar-refractivity contribution is 0.0998. The Morgan fingerprint density at radius 3 is 2.29 bits per heavy atom. The number of rotatable bonds is 2. The predicted molar refractivity (Wildman–Crippen MR) is 64.3 cm³/mol. The number of benzene rings is 1. The molecule has 2 rings (SSSR count). The molecule has 1 amide bonds. The zero-order valence-electron chi connectivity index (χ0n) is 9.68. The number of carbonyl (C=O) groups is 1. The van der Waals surface area contributed by atoms with E-state index in [1.54, 1.807) is 30.8 Å². The molecule has 0 fully saturated rings. The summed E-state index contributed by atoms with van der Waals surface area (Å²) in [5.74, 6) is -0.696. The second-order valence-corrected chi connectivity index (χ2v) is 3.80. The molecule has 0 radical (unpaired) electrons. The minimum Gasteiger partial charge on any atom is -0.365 e. The molecule has 0 spiro atoms. The maximum absolute atomic E-state index is 12.1. The number of para-hydroxylation sites is 1. The van der Waals surface area contributed by atoms with E-state index >= 15 is 0 Å². The Kier molecular flexibility index (Phi) is 2.59. The van der Waals surface area contributed by atoms with Gasteiger partial charge in [0.15, 0.2) is 0 Å². The van der Waals surface area contributed by atoms with Crippen molar-refractivity contribution in [2.75, 3.05) is 0 Å². The van der Waals surface area contributed by atoms with Crippen LogP contribution in [0.3, 0.4) is 0 Å². The van der Waals surface area contributed by atoms with Gasteiger partial charge in [-0.05, 0) is 19.1 Å². The van der Waals surface area contributed by atoms with Gasteiger partial charge in [0.1, 0.15) is 5.56 Å². The highest BCUT2D eigenvalue weighted by Gasteiger charge is 2.19. The van der Waals surface area contributed by atoms with Crippen LogP contribution in [0.5, 0.6) is 0 Å². The van der Waals surface area contributed by atoms with Crippen LogP contribution in [0.15, 0.2) is 35.1 Å². The van der Waals surface area contributed by atoms with Crippen molar-refractivity contribution >= 4 is 5.91 Å². The number of amides is 1. The maximum atomic E-state index is 12.1. The molecule has 0 aliphatic heterocycles. The average molecular weight is 231 g/mol. The summed E-state index contributed by atoms with van der Waals surface area (Å²) in [5.41, 5.74) is 6.13. The van der Waals surface area contributed by atoms with Gasteiger partial charge < -0.3 is 5.73 Å². The number of aromatic nitrogens is 2. The first-order valence-electron chi connectivity index (χ1n) is 5.18. The number of hydrogen-bond donors (Lipinski definition) is 1. The molecule has 0 saturated heterocycles. The van der Waals surface area contributed by atoms with Gasteiger partial charge >= 0.3 is 0 Å². The quantitative estimate of drug-likeness (QED) is 0.821. The standard InChI is InChI=1S/C12H13N3O2/c1-8-10(11(13)16)12(17)15(14(8)2)9-6-4-3-5-7-9/h3-7H,1-2H3,(H2,13,16). The summed E-state index contributed by atoms with van der Waals surface area (Å²) in [6, 6.07) is 9.11. The SMILES string of the molecule is Cc1c(C(N)=O)c(=O)n(-c2ccccc2)n1C. The van der Waals surface area contributed by atoms with Crippen LogP contribution in [0, 0.1) is 6.92 Å². The van der Waals surface area contributed by atoms with Crippen molar-refractivity contribution in [1.82, 2.24) is 9.36 Å². The van der Waals surface area contributed by atoms with Gasteiger partial charge in [-0.1, -0.05) is 18.2 Å². The van der Waals surface area contributed by atoms with Crippen molar-refractivity contribution in [3.63, 3.8) is 0 Å². The van der Waals surface area contributed by atoms with Crippen LogP contribution in [-0.4, -0.2) is 15.3 Å². The normalized spacial score (nSPS) is 10.5. The first-order chi connectivity index (χ1) is 8.04. The van der Waals surface area contributed by atoms with Gasteiger partial charge in [0.2, 0.25) is 0 Å². The van der Waals surface area contributed by atoms with E-state index in [4.69, 9.17) is 5.73 Å². The van der Waals surface area contributed by atoms with Gasteiger partial charge in [-0.3, -0.25) is 14.3 Å². The highest BCUT2D eigenvalue weighted by molar-refractivity contribution is 5.93. The second kappa shape index (κ2) is 3.93. The summed E-state index contributed by atoms with van der Waals surface area (Å²) >= 11 is 0. The largest absolute Gasteiger partial charge is 0.365 e. The fourth-order valence-electron chi connectivity index (χ4n) is 1.85. The van der Waals surface area contributed by atoms with Gasteiger partial charge in [-0.15, -0.1) is 0 Å². The van der Waals surface area contributed by atoms with Crippen LogP contribution in [0.4, 0.5) is 0 Å². The molecule has 0 unspecified atom stereocenters. The van der Waals surface area contributed by atoms with Gasteiger partial charge in [-0.2, -0.15) is 0 Å². The molecule has 1 heterocycles. The summed E-state index contributed by atoms with van der Waals surface area (Å²) in [7, 11) is 1.72. The van der Waals surface area contributed by atoms with Crippen molar-refractivity contribution < 1.29 is 4.79 Å². The van der Waals surface area contributed by atoms with Crippen molar-refractivity contribution in [3.05, 3.63) is 51.9 Å². The van der Waals surface area contributed by atoms with E-state index in [2.05, 4.69) is 0 Å². The van der Waals surface area contributed by atoms with Crippen molar-refractivity contribution in [1.29, 1.82) is 0 Å². The Balaban J connectivity index is 2.77. The van der Waals surface area contributed by atoms with Gasteiger partial charge in [0.05, 0.1) is 11.4 Å². The van der Waals surface area contributed by atoms with E-state index in [0.717, 1.165) is 0 Å². The first kappa shape index (κ1) is 11.2. The lowest BCUT2D eigenvalue weighted by Crippen LogP contribution is -2.25. The highest BCUT2D eigenvalue weighted by atomic mass is 16.2. The summed E-state index contributed by atoms with van der Waals surface area (Å²) in [4.78, 5) is 23.3. The van der Waals surface area contributed by atoms with Crippen molar-refractivity contribution in [2.24, 2.45) is 12.8 Å². The second-order valence-electron chi connectivity index (χ2n) is 3.80. The fraction of sp³-hybridized carbons (Fsp3) is 0.167. The molecule has 0 aliphatic carbocycles. The third-order valence-corrected chi connectivity index (χ3v) is 2.80. The Morgan fingerprint density at radius 2 is 1.82 bits per heavy atom. The summed E-state index contributed by atoms with van der Waals surface area (Å²) < 4.78 is 3.05. The molecule has 2 aromatic rings. The van der Waals surface area contributed by atoms with Crippen LogP contribution in [0.2, 0.25) is 0 Å². The number of primary amides is 1. The molecule has 2 N–H and O–H groups in total. The zero-order chi connectivity index (χ0) is 12.6. The van der Waals surface area contributed by atoms with Crippen LogP contribution in [0.25, 0.3) is 5.69 Å². The highest BCUT2D eigenvalue weighted by Crippen LogP contribution is 2.09. The van der Waals surface area contributed by atoms with E-state index in [9.17, 15) is 9.59 Å². The van der Waals surface area contributed by atoms with E-state index in [-0.39, 0.29) is 11.1 Å². The Labute approximate surface area is 98.1 Å². The molecule has 5 nitrogen and oxygen atoms in total. The number of carbonyl (C=O) groups excluding carboxylic acids is 1. The molecule has 17 heavy (non-hydrogen) atoms. The third kappa shape index (κ3) is 1.65. The lowest BCUT2D eigenvalue weighted by Gasteiger charge is -2.07. The van der Waals surface area contributed by atoms with E-state index < -0.39 is 5.91 Å². The monoisotopic (exact) mass is 231 g/mol. The molecule has 0 atom stereocenters. The first-order valence-corrected chi connectivity index (χ1v) is 5.18. The maximum Gasteiger partial charge on any atom is 0.284 e.